The second-order valence-electron chi connectivity index (χ2n) is 5.56. The first-order valence-electron chi connectivity index (χ1n) is 7.78. The van der Waals surface area contributed by atoms with Gasteiger partial charge in [0.25, 0.3) is 0 Å². The molecule has 2 rings (SSSR count). The number of aromatic nitrogens is 2. The largest absolute Gasteiger partial charge is 0.399 e. The van der Waals surface area contributed by atoms with Gasteiger partial charge in [-0.25, -0.2) is 0 Å². The van der Waals surface area contributed by atoms with E-state index in [9.17, 15) is 0 Å². The average molecular weight is 286 g/mol. The summed E-state index contributed by atoms with van der Waals surface area (Å²) in [6.45, 7) is 8.39. The predicted molar refractivity (Wildman–Crippen MR) is 89.4 cm³/mol. The van der Waals surface area contributed by atoms with E-state index in [1.807, 2.05) is 18.2 Å². The Kier molecular flexibility index (Phi) is 5.26. The number of nitrogens with zero attached hydrogens (tertiary/aromatic N) is 3. The Balaban J connectivity index is 2.14. The molecule has 0 aliphatic heterocycles. The van der Waals surface area contributed by atoms with Crippen molar-refractivity contribution >= 4 is 11.4 Å². The van der Waals surface area contributed by atoms with Crippen molar-refractivity contribution in [3.63, 3.8) is 0 Å². The maximum absolute atomic E-state index is 5.90. The molecule has 0 amide bonds. The van der Waals surface area contributed by atoms with E-state index < -0.39 is 0 Å². The van der Waals surface area contributed by atoms with Gasteiger partial charge in [-0.3, -0.25) is 4.68 Å². The van der Waals surface area contributed by atoms with Gasteiger partial charge < -0.3 is 10.6 Å². The van der Waals surface area contributed by atoms with Crippen LogP contribution in [0.4, 0.5) is 11.4 Å². The van der Waals surface area contributed by atoms with E-state index in [4.69, 9.17) is 10.8 Å². The summed E-state index contributed by atoms with van der Waals surface area (Å²) in [5.41, 5.74) is 8.97. The van der Waals surface area contributed by atoms with Crippen LogP contribution in [0.5, 0.6) is 0 Å². The van der Waals surface area contributed by atoms with Crippen LogP contribution < -0.4 is 10.6 Å². The Hall–Kier alpha value is -1.97. The first-order chi connectivity index (χ1) is 10.1. The highest BCUT2D eigenvalue weighted by Crippen LogP contribution is 2.20. The summed E-state index contributed by atoms with van der Waals surface area (Å²) in [5.74, 6) is 0. The molecule has 1 unspecified atom stereocenters. The molecule has 0 aliphatic carbocycles. The van der Waals surface area contributed by atoms with Crippen molar-refractivity contribution in [2.24, 2.45) is 0 Å². The second-order valence-corrected chi connectivity index (χ2v) is 5.56. The van der Waals surface area contributed by atoms with Crippen LogP contribution in [0.1, 0.15) is 45.3 Å². The van der Waals surface area contributed by atoms with Gasteiger partial charge in [0.1, 0.15) is 0 Å². The molecule has 0 aliphatic rings. The summed E-state index contributed by atoms with van der Waals surface area (Å²) < 4.78 is 2.05. The maximum atomic E-state index is 5.90. The lowest BCUT2D eigenvalue weighted by molar-refractivity contribution is 0.473. The fourth-order valence-corrected chi connectivity index (χ4v) is 2.38. The molecular formula is C17H26N4. The topological polar surface area (TPSA) is 47.1 Å². The molecule has 1 aromatic heterocycles. The number of benzene rings is 1. The van der Waals surface area contributed by atoms with Crippen molar-refractivity contribution in [2.75, 3.05) is 17.2 Å². The minimum atomic E-state index is 0.450. The smallest absolute Gasteiger partial charge is 0.0817 e. The molecule has 0 saturated carbocycles. The molecule has 1 heterocycles. The molecule has 0 spiro atoms. The summed E-state index contributed by atoms with van der Waals surface area (Å²) in [7, 11) is 0. The lowest BCUT2D eigenvalue weighted by atomic mass is 10.2. The first-order valence-corrected chi connectivity index (χ1v) is 7.78. The lowest BCUT2D eigenvalue weighted by Crippen LogP contribution is -2.24. The van der Waals surface area contributed by atoms with Crippen molar-refractivity contribution in [3.8, 4) is 0 Å². The van der Waals surface area contributed by atoms with Gasteiger partial charge in [0, 0.05) is 30.2 Å². The summed E-state index contributed by atoms with van der Waals surface area (Å²) >= 11 is 0. The molecule has 2 N–H and O–H groups in total. The summed E-state index contributed by atoms with van der Waals surface area (Å²) in [4.78, 5) is 2.33. The van der Waals surface area contributed by atoms with Crippen LogP contribution in [0.3, 0.4) is 0 Å². The molecule has 1 atom stereocenters. The zero-order valence-electron chi connectivity index (χ0n) is 13.3. The number of rotatable bonds is 7. The highest BCUT2D eigenvalue weighted by atomic mass is 15.3. The minimum absolute atomic E-state index is 0.450. The van der Waals surface area contributed by atoms with E-state index in [-0.39, 0.29) is 0 Å². The third kappa shape index (κ3) is 4.00. The highest BCUT2D eigenvalue weighted by molar-refractivity contribution is 5.55. The van der Waals surface area contributed by atoms with Gasteiger partial charge in [0.15, 0.2) is 0 Å². The Morgan fingerprint density at radius 3 is 2.76 bits per heavy atom. The van der Waals surface area contributed by atoms with Gasteiger partial charge >= 0.3 is 0 Å². The predicted octanol–water partition coefficient (Wildman–Crippen LogP) is 3.85. The molecule has 21 heavy (non-hydrogen) atoms. The zero-order chi connectivity index (χ0) is 15.2. The van der Waals surface area contributed by atoms with E-state index in [2.05, 4.69) is 48.7 Å². The number of anilines is 2. The SMILES string of the molecule is CCCN(Cc1ccn(C(C)CC)n1)c1cccc(N)c1. The third-order valence-electron chi connectivity index (χ3n) is 3.79. The Morgan fingerprint density at radius 1 is 1.29 bits per heavy atom. The van der Waals surface area contributed by atoms with E-state index in [0.717, 1.165) is 43.0 Å². The fourth-order valence-electron chi connectivity index (χ4n) is 2.38. The van der Waals surface area contributed by atoms with Crippen LogP contribution in [0.25, 0.3) is 0 Å². The van der Waals surface area contributed by atoms with E-state index in [1.54, 1.807) is 0 Å². The van der Waals surface area contributed by atoms with Crippen LogP contribution in [0, 0.1) is 0 Å². The zero-order valence-corrected chi connectivity index (χ0v) is 13.3. The van der Waals surface area contributed by atoms with Crippen molar-refractivity contribution in [1.82, 2.24) is 9.78 Å². The van der Waals surface area contributed by atoms with E-state index >= 15 is 0 Å². The number of hydrogen-bond acceptors (Lipinski definition) is 3. The molecule has 0 radical (unpaired) electrons. The monoisotopic (exact) mass is 286 g/mol. The molecule has 4 nitrogen and oxygen atoms in total. The van der Waals surface area contributed by atoms with Crippen LogP contribution in [-0.4, -0.2) is 16.3 Å². The maximum Gasteiger partial charge on any atom is 0.0817 e. The molecule has 0 fully saturated rings. The average Bonchev–Trinajstić information content (AvgIpc) is 2.94. The summed E-state index contributed by atoms with van der Waals surface area (Å²) in [6.07, 6.45) is 4.27. The molecule has 114 valence electrons. The Morgan fingerprint density at radius 2 is 2.10 bits per heavy atom. The molecule has 2 aromatic rings. The van der Waals surface area contributed by atoms with Gasteiger partial charge in [-0.2, -0.15) is 5.10 Å². The molecule has 0 bridgehead atoms. The van der Waals surface area contributed by atoms with Gasteiger partial charge in [-0.15, -0.1) is 0 Å². The van der Waals surface area contributed by atoms with Gasteiger partial charge in [-0.1, -0.05) is 19.9 Å². The third-order valence-corrected chi connectivity index (χ3v) is 3.79. The van der Waals surface area contributed by atoms with Crippen molar-refractivity contribution in [1.29, 1.82) is 0 Å². The normalized spacial score (nSPS) is 12.3. The molecule has 0 saturated heterocycles. The highest BCUT2D eigenvalue weighted by Gasteiger charge is 2.10. The Bertz CT molecular complexity index is 561. The standard InChI is InChI=1S/C17H26N4/c1-4-10-20(17-8-6-7-15(18)12-17)13-16-9-11-21(19-16)14(3)5-2/h6-9,11-12,14H,4-5,10,13,18H2,1-3H3. The van der Waals surface area contributed by atoms with Gasteiger partial charge in [-0.05, 0) is 44.0 Å². The second kappa shape index (κ2) is 7.16. The van der Waals surface area contributed by atoms with Crippen molar-refractivity contribution < 1.29 is 0 Å². The van der Waals surface area contributed by atoms with Crippen molar-refractivity contribution in [2.45, 2.75) is 46.2 Å². The number of nitrogen functional groups attached to an aromatic ring is 1. The van der Waals surface area contributed by atoms with E-state index in [1.165, 1.54) is 0 Å². The first kappa shape index (κ1) is 15.4. The quantitative estimate of drug-likeness (QED) is 0.786. The van der Waals surface area contributed by atoms with Gasteiger partial charge in [0.2, 0.25) is 0 Å². The lowest BCUT2D eigenvalue weighted by Gasteiger charge is -2.23. The van der Waals surface area contributed by atoms with Crippen molar-refractivity contribution in [3.05, 3.63) is 42.2 Å². The molecule has 1 aromatic carbocycles. The van der Waals surface area contributed by atoms with E-state index in [0.29, 0.717) is 6.04 Å². The molecule has 4 heteroatoms. The minimum Gasteiger partial charge on any atom is -0.399 e. The van der Waals surface area contributed by atoms with Crippen LogP contribution in [0.15, 0.2) is 36.5 Å². The summed E-state index contributed by atoms with van der Waals surface area (Å²) in [5, 5.41) is 4.69. The van der Waals surface area contributed by atoms with Crippen LogP contribution in [0.2, 0.25) is 0 Å². The number of nitrogens with two attached hydrogens (primary N) is 1. The molecular weight excluding hydrogens is 260 g/mol. The van der Waals surface area contributed by atoms with Gasteiger partial charge in [0.05, 0.1) is 12.2 Å². The summed E-state index contributed by atoms with van der Waals surface area (Å²) in [6, 6.07) is 10.6. The Labute approximate surface area is 127 Å². The number of hydrogen-bond donors (Lipinski definition) is 1. The van der Waals surface area contributed by atoms with Crippen LogP contribution in [-0.2, 0) is 6.54 Å². The fraction of sp³-hybridized carbons (Fsp3) is 0.471. The van der Waals surface area contributed by atoms with Crippen LogP contribution >= 0.6 is 0 Å².